The fourth-order valence-electron chi connectivity index (χ4n) is 8.22. The first kappa shape index (κ1) is 34.7. The van der Waals surface area contributed by atoms with E-state index in [9.17, 15) is 0 Å². The van der Waals surface area contributed by atoms with Crippen molar-refractivity contribution in [3.8, 4) is 55.1 Å². The maximum absolute atomic E-state index is 6.70. The molecule has 0 saturated heterocycles. The molecule has 2 heterocycles. The third-order valence-electron chi connectivity index (χ3n) is 11.1. The van der Waals surface area contributed by atoms with Crippen LogP contribution < -0.4 is 4.90 Å². The summed E-state index contributed by atoms with van der Waals surface area (Å²) < 4.78 is 7.81. The Morgan fingerprint density at radius 3 is 1.54 bits per heavy atom. The number of hydrogen-bond acceptors (Lipinski definition) is 4. The Morgan fingerprint density at radius 1 is 0.373 bits per heavy atom. The molecule has 11 rings (SSSR count). The lowest BCUT2D eigenvalue weighted by Crippen LogP contribution is -2.10. The monoisotopic (exact) mass is 772 g/mol. The minimum atomic E-state index is 0.873. The molecule has 0 fully saturated rings. The Kier molecular flexibility index (Phi) is 8.68. The van der Waals surface area contributed by atoms with Crippen LogP contribution >= 0.6 is 11.3 Å². The van der Waals surface area contributed by atoms with Crippen molar-refractivity contribution in [1.29, 1.82) is 0 Å². The van der Waals surface area contributed by atoms with Crippen LogP contribution in [0, 0.1) is 0 Å². The van der Waals surface area contributed by atoms with Gasteiger partial charge in [-0.15, -0.1) is 11.3 Å². The lowest BCUT2D eigenvalue weighted by Gasteiger charge is -2.27. The van der Waals surface area contributed by atoms with Crippen molar-refractivity contribution in [3.63, 3.8) is 0 Å². The molecule has 0 N–H and O–H groups in total. The van der Waals surface area contributed by atoms with E-state index in [0.29, 0.717) is 0 Å². The summed E-state index contributed by atoms with van der Waals surface area (Å²) in [6.07, 6.45) is 0. The number of hydrogen-bond donors (Lipinski definition) is 0. The Balaban J connectivity index is 1.01. The molecule has 0 aliphatic heterocycles. The van der Waals surface area contributed by atoms with Crippen molar-refractivity contribution in [3.05, 3.63) is 218 Å². The van der Waals surface area contributed by atoms with Gasteiger partial charge in [0.25, 0.3) is 0 Å². The normalized spacial score (nSPS) is 11.4. The fraction of sp³-hybridized carbons (Fsp3) is 0. The number of aromatic nitrogens is 1. The van der Waals surface area contributed by atoms with Crippen LogP contribution in [-0.4, -0.2) is 4.98 Å². The summed E-state index contributed by atoms with van der Waals surface area (Å²) in [7, 11) is 0. The first-order valence-electron chi connectivity index (χ1n) is 19.9. The predicted molar refractivity (Wildman–Crippen MR) is 249 cm³/mol. The number of fused-ring (bicyclic) bond motifs is 4. The molecule has 9 aromatic carbocycles. The van der Waals surface area contributed by atoms with Gasteiger partial charge in [-0.3, -0.25) is 0 Å². The summed E-state index contributed by atoms with van der Waals surface area (Å²) in [4.78, 5) is 7.36. The molecule has 3 nitrogen and oxygen atoms in total. The molecule has 278 valence electrons. The number of anilines is 3. The van der Waals surface area contributed by atoms with Gasteiger partial charge in [0.05, 0.1) is 10.2 Å². The fourth-order valence-corrected chi connectivity index (χ4v) is 9.20. The summed E-state index contributed by atoms with van der Waals surface area (Å²) in [5, 5.41) is 3.18. The summed E-state index contributed by atoms with van der Waals surface area (Å²) in [5.74, 6) is 0. The third-order valence-corrected chi connectivity index (χ3v) is 12.2. The van der Waals surface area contributed by atoms with Gasteiger partial charge in [-0.05, 0) is 81.4 Å². The highest BCUT2D eigenvalue weighted by atomic mass is 32.1. The average molecular weight is 773 g/mol. The Bertz CT molecular complexity index is 3230. The molecule has 0 unspecified atom stereocenters. The van der Waals surface area contributed by atoms with E-state index in [1.165, 1.54) is 33.4 Å². The van der Waals surface area contributed by atoms with Gasteiger partial charge in [0, 0.05) is 45.0 Å². The lowest BCUT2D eigenvalue weighted by atomic mass is 9.93. The van der Waals surface area contributed by atoms with Gasteiger partial charge in [-0.25, -0.2) is 4.98 Å². The van der Waals surface area contributed by atoms with Gasteiger partial charge in [0.15, 0.2) is 0 Å². The highest BCUT2D eigenvalue weighted by molar-refractivity contribution is 7.21. The van der Waals surface area contributed by atoms with E-state index in [2.05, 4.69) is 217 Å². The first-order chi connectivity index (χ1) is 29.2. The molecule has 0 amide bonds. The number of furan rings is 1. The molecule has 0 aliphatic carbocycles. The first-order valence-corrected chi connectivity index (χ1v) is 20.7. The molecule has 0 aliphatic rings. The number of benzene rings is 9. The van der Waals surface area contributed by atoms with Crippen LogP contribution in [0.15, 0.2) is 223 Å². The maximum Gasteiger partial charge on any atom is 0.143 e. The zero-order chi connectivity index (χ0) is 39.1. The third kappa shape index (κ3) is 6.46. The second kappa shape index (κ2) is 14.8. The van der Waals surface area contributed by atoms with Crippen molar-refractivity contribution in [1.82, 2.24) is 4.98 Å². The number of nitrogens with zero attached hydrogens (tertiary/aromatic N) is 2. The van der Waals surface area contributed by atoms with Gasteiger partial charge in [0.2, 0.25) is 0 Å². The van der Waals surface area contributed by atoms with Crippen LogP contribution in [0.2, 0.25) is 0 Å². The highest BCUT2D eigenvalue weighted by Crippen LogP contribution is 2.43. The molecule has 4 heteroatoms. The second-order valence-corrected chi connectivity index (χ2v) is 15.8. The second-order valence-electron chi connectivity index (χ2n) is 14.7. The van der Waals surface area contributed by atoms with Gasteiger partial charge < -0.3 is 9.32 Å². The molecule has 0 saturated carbocycles. The molecular formula is C55H36N2OS. The van der Waals surface area contributed by atoms with Crippen LogP contribution in [-0.2, 0) is 0 Å². The lowest BCUT2D eigenvalue weighted by molar-refractivity contribution is 0.670. The van der Waals surface area contributed by atoms with Crippen LogP contribution in [0.5, 0.6) is 0 Å². The van der Waals surface area contributed by atoms with Crippen molar-refractivity contribution >= 4 is 60.6 Å². The van der Waals surface area contributed by atoms with E-state index in [1.807, 2.05) is 6.07 Å². The molecule has 0 bridgehead atoms. The van der Waals surface area contributed by atoms with Crippen molar-refractivity contribution in [2.75, 3.05) is 4.90 Å². The van der Waals surface area contributed by atoms with E-state index < -0.39 is 0 Å². The molecule has 11 aromatic rings. The number of rotatable bonds is 8. The summed E-state index contributed by atoms with van der Waals surface area (Å²) in [6.45, 7) is 0. The van der Waals surface area contributed by atoms with Crippen molar-refractivity contribution < 1.29 is 4.42 Å². The molecule has 2 aromatic heterocycles. The van der Waals surface area contributed by atoms with Crippen LogP contribution in [0.3, 0.4) is 0 Å². The minimum Gasteiger partial charge on any atom is -0.455 e. The number of para-hydroxylation sites is 1. The maximum atomic E-state index is 6.70. The Hall–Kier alpha value is -7.53. The van der Waals surface area contributed by atoms with E-state index >= 15 is 0 Å². The Morgan fingerprint density at radius 2 is 0.898 bits per heavy atom. The van der Waals surface area contributed by atoms with E-state index in [1.54, 1.807) is 11.3 Å². The zero-order valence-electron chi connectivity index (χ0n) is 32.0. The summed E-state index contributed by atoms with van der Waals surface area (Å²) >= 11 is 1.70. The quantitative estimate of drug-likeness (QED) is 0.154. The van der Waals surface area contributed by atoms with E-state index in [4.69, 9.17) is 9.40 Å². The van der Waals surface area contributed by atoms with Gasteiger partial charge >= 0.3 is 0 Å². The van der Waals surface area contributed by atoms with Crippen LogP contribution in [0.1, 0.15) is 0 Å². The SMILES string of the molecule is c1ccc(-c2ccc(N(c3ccc(-c4cccc5c4oc4cc6sc(-c7ccccc7)nc6cc45)cc3)c3ccc(-c4ccccc4)c(-c4ccccc4)c3)cc2)cc1. The van der Waals surface area contributed by atoms with Gasteiger partial charge in [0.1, 0.15) is 16.2 Å². The minimum absolute atomic E-state index is 0.873. The largest absolute Gasteiger partial charge is 0.455 e. The molecule has 59 heavy (non-hydrogen) atoms. The zero-order valence-corrected chi connectivity index (χ0v) is 32.8. The van der Waals surface area contributed by atoms with Crippen LogP contribution in [0.25, 0.3) is 87.2 Å². The van der Waals surface area contributed by atoms with Crippen molar-refractivity contribution in [2.45, 2.75) is 0 Å². The van der Waals surface area contributed by atoms with E-state index in [0.717, 1.165) is 70.9 Å². The Labute approximate surface area is 346 Å². The molecule has 0 atom stereocenters. The highest BCUT2D eigenvalue weighted by Gasteiger charge is 2.19. The summed E-state index contributed by atoms with van der Waals surface area (Å²) in [5.41, 5.74) is 16.4. The average Bonchev–Trinajstić information content (AvgIpc) is 3.91. The number of thiazole rings is 1. The standard InChI is InChI=1S/C55H36N2OS/c1-5-14-37(15-6-1)38-24-28-43(29-25-38)57(45-32-33-46(39-16-7-2-8-17-39)49(34-45)40-18-9-3-10-19-40)44-30-26-41(27-31-44)47-22-13-23-48-50-35-51-53(36-52(50)58-54(47)48)59-55(56-51)42-20-11-4-12-21-42/h1-36H. The molecule has 0 spiro atoms. The predicted octanol–water partition coefficient (Wildman–Crippen LogP) is 16.0. The van der Waals surface area contributed by atoms with Crippen LogP contribution in [0.4, 0.5) is 17.1 Å². The molecule has 0 radical (unpaired) electrons. The van der Waals surface area contributed by atoms with Gasteiger partial charge in [-0.1, -0.05) is 170 Å². The smallest absolute Gasteiger partial charge is 0.143 e. The summed E-state index contributed by atoms with van der Waals surface area (Å²) in [6, 6.07) is 77.6. The molecular weight excluding hydrogens is 737 g/mol. The topological polar surface area (TPSA) is 29.3 Å². The van der Waals surface area contributed by atoms with E-state index in [-0.39, 0.29) is 0 Å². The van der Waals surface area contributed by atoms with Gasteiger partial charge in [-0.2, -0.15) is 0 Å². The van der Waals surface area contributed by atoms with Crippen molar-refractivity contribution in [2.24, 2.45) is 0 Å².